The molecule has 0 unspecified atom stereocenters. The van der Waals surface area contributed by atoms with Crippen LogP contribution in [-0.2, 0) is 5.41 Å². The Morgan fingerprint density at radius 1 is 0.474 bits per heavy atom. The molecule has 11 aromatic rings. The first-order valence-corrected chi connectivity index (χ1v) is 20.4. The average molecular weight is 746 g/mol. The van der Waals surface area contributed by atoms with Crippen LogP contribution in [-0.4, -0.2) is 14.5 Å². The topological polar surface area (TPSA) is 30.7 Å². The van der Waals surface area contributed by atoms with E-state index in [1.165, 1.54) is 80.7 Å². The third-order valence-corrected chi connectivity index (χ3v) is 13.3. The summed E-state index contributed by atoms with van der Waals surface area (Å²) in [5.41, 5.74) is 13.8. The first-order chi connectivity index (χ1) is 28.0. The first-order valence-electron chi connectivity index (χ1n) is 19.6. The molecule has 0 aliphatic heterocycles. The van der Waals surface area contributed by atoms with E-state index in [4.69, 9.17) is 9.97 Å². The maximum absolute atomic E-state index is 5.33. The van der Waals surface area contributed by atoms with Crippen LogP contribution >= 0.6 is 11.3 Å². The van der Waals surface area contributed by atoms with Crippen LogP contribution in [0.25, 0.3) is 103 Å². The molecule has 3 aromatic heterocycles. The fourth-order valence-corrected chi connectivity index (χ4v) is 10.6. The second kappa shape index (κ2) is 12.1. The molecule has 0 radical (unpaired) electrons. The van der Waals surface area contributed by atoms with Crippen LogP contribution in [0.2, 0.25) is 0 Å². The quantitative estimate of drug-likeness (QED) is 0.180. The number of hydrogen-bond acceptors (Lipinski definition) is 3. The van der Waals surface area contributed by atoms with Gasteiger partial charge in [0, 0.05) is 58.4 Å². The number of fused-ring (bicyclic) bond motifs is 11. The van der Waals surface area contributed by atoms with Gasteiger partial charge in [0.25, 0.3) is 0 Å². The zero-order chi connectivity index (χ0) is 37.8. The van der Waals surface area contributed by atoms with Crippen LogP contribution in [0, 0.1) is 0 Å². The van der Waals surface area contributed by atoms with Gasteiger partial charge in [-0.1, -0.05) is 153 Å². The van der Waals surface area contributed by atoms with E-state index in [9.17, 15) is 0 Å². The van der Waals surface area contributed by atoms with Crippen molar-refractivity contribution in [3.8, 4) is 50.7 Å². The van der Waals surface area contributed by atoms with Crippen LogP contribution in [0.15, 0.2) is 176 Å². The lowest BCUT2D eigenvalue weighted by molar-refractivity contribution is 0.660. The van der Waals surface area contributed by atoms with Crippen molar-refractivity contribution in [2.75, 3.05) is 0 Å². The minimum Gasteiger partial charge on any atom is -0.308 e. The first kappa shape index (κ1) is 32.4. The van der Waals surface area contributed by atoms with Crippen molar-refractivity contribution in [1.29, 1.82) is 0 Å². The molecule has 12 rings (SSSR count). The lowest BCUT2D eigenvalue weighted by Gasteiger charge is -2.21. The molecule has 0 fully saturated rings. The molecular weight excluding hydrogens is 711 g/mol. The largest absolute Gasteiger partial charge is 0.308 e. The van der Waals surface area contributed by atoms with E-state index >= 15 is 0 Å². The smallest absolute Gasteiger partial charge is 0.160 e. The summed E-state index contributed by atoms with van der Waals surface area (Å²) >= 11 is 1.85. The number of aromatic nitrogens is 3. The SMILES string of the molecule is CC1(C)c2ccccc2-c2ccc(-c3nc(-c4ccccc4)cc(-c4ccc5c(c4)sc4cccc(-n6c7ccccc7c7ccc8ccccc8c76)c45)n3)cc21. The molecule has 0 amide bonds. The molecular formula is C53H35N3S. The highest BCUT2D eigenvalue weighted by molar-refractivity contribution is 7.26. The number of thiophene rings is 1. The number of hydrogen-bond donors (Lipinski definition) is 0. The Balaban J connectivity index is 1.04. The van der Waals surface area contributed by atoms with Gasteiger partial charge >= 0.3 is 0 Å². The van der Waals surface area contributed by atoms with Crippen molar-refractivity contribution in [3.63, 3.8) is 0 Å². The van der Waals surface area contributed by atoms with E-state index in [1.807, 2.05) is 11.3 Å². The Morgan fingerprint density at radius 3 is 2.09 bits per heavy atom. The molecule has 268 valence electrons. The molecule has 1 aliphatic rings. The van der Waals surface area contributed by atoms with E-state index in [-0.39, 0.29) is 5.41 Å². The molecule has 0 bridgehead atoms. The Morgan fingerprint density at radius 2 is 1.19 bits per heavy atom. The molecule has 4 heteroatoms. The second-order valence-electron chi connectivity index (χ2n) is 15.8. The predicted octanol–water partition coefficient (Wildman–Crippen LogP) is 14.4. The zero-order valence-corrected chi connectivity index (χ0v) is 32.3. The van der Waals surface area contributed by atoms with Gasteiger partial charge in [0.2, 0.25) is 0 Å². The fourth-order valence-electron chi connectivity index (χ4n) is 9.46. The number of rotatable bonds is 4. The summed E-state index contributed by atoms with van der Waals surface area (Å²) in [5, 5.41) is 7.56. The monoisotopic (exact) mass is 745 g/mol. The Kier molecular flexibility index (Phi) is 6.85. The molecule has 0 spiro atoms. The van der Waals surface area contributed by atoms with Gasteiger partial charge in [0.15, 0.2) is 5.82 Å². The number of nitrogens with zero attached hydrogens (tertiary/aromatic N) is 3. The summed E-state index contributed by atoms with van der Waals surface area (Å²) in [6.07, 6.45) is 0. The van der Waals surface area contributed by atoms with E-state index in [0.29, 0.717) is 0 Å². The Hall–Kier alpha value is -6.88. The van der Waals surface area contributed by atoms with E-state index in [2.05, 4.69) is 194 Å². The molecule has 3 nitrogen and oxygen atoms in total. The summed E-state index contributed by atoms with van der Waals surface area (Å²) in [7, 11) is 0. The zero-order valence-electron chi connectivity index (χ0n) is 31.5. The normalized spacial score (nSPS) is 13.2. The minimum absolute atomic E-state index is 0.112. The highest BCUT2D eigenvalue weighted by Gasteiger charge is 2.35. The molecule has 3 heterocycles. The summed E-state index contributed by atoms with van der Waals surface area (Å²) in [6, 6.07) is 63.9. The highest BCUT2D eigenvalue weighted by atomic mass is 32.1. The van der Waals surface area contributed by atoms with Gasteiger partial charge in [0.05, 0.1) is 28.1 Å². The van der Waals surface area contributed by atoms with Gasteiger partial charge in [-0.3, -0.25) is 0 Å². The molecule has 8 aromatic carbocycles. The highest BCUT2D eigenvalue weighted by Crippen LogP contribution is 2.50. The van der Waals surface area contributed by atoms with E-state index in [1.54, 1.807) is 0 Å². The molecule has 1 aliphatic carbocycles. The van der Waals surface area contributed by atoms with Gasteiger partial charge in [0.1, 0.15) is 0 Å². The van der Waals surface area contributed by atoms with Crippen molar-refractivity contribution < 1.29 is 0 Å². The van der Waals surface area contributed by atoms with Crippen molar-refractivity contribution in [2.45, 2.75) is 19.3 Å². The third-order valence-electron chi connectivity index (χ3n) is 12.2. The Labute approximate surface area is 334 Å². The van der Waals surface area contributed by atoms with Gasteiger partial charge in [-0.15, -0.1) is 11.3 Å². The summed E-state index contributed by atoms with van der Waals surface area (Å²) in [4.78, 5) is 10.5. The van der Waals surface area contributed by atoms with Crippen LogP contribution < -0.4 is 0 Å². The summed E-state index contributed by atoms with van der Waals surface area (Å²) < 4.78 is 4.99. The summed E-state index contributed by atoms with van der Waals surface area (Å²) in [6.45, 7) is 4.65. The maximum Gasteiger partial charge on any atom is 0.160 e. The van der Waals surface area contributed by atoms with Gasteiger partial charge in [-0.05, 0) is 64.0 Å². The van der Waals surface area contributed by atoms with Gasteiger partial charge in [-0.25, -0.2) is 9.97 Å². The van der Waals surface area contributed by atoms with Crippen LogP contribution in [0.1, 0.15) is 25.0 Å². The molecule has 0 N–H and O–H groups in total. The molecule has 0 atom stereocenters. The maximum atomic E-state index is 5.33. The van der Waals surface area contributed by atoms with E-state index in [0.717, 1.165) is 33.9 Å². The molecule has 0 saturated heterocycles. The number of para-hydroxylation sites is 1. The second-order valence-corrected chi connectivity index (χ2v) is 16.8. The lowest BCUT2D eigenvalue weighted by atomic mass is 9.82. The van der Waals surface area contributed by atoms with Gasteiger partial charge < -0.3 is 4.57 Å². The summed E-state index contributed by atoms with van der Waals surface area (Å²) in [5.74, 6) is 0.734. The molecule has 57 heavy (non-hydrogen) atoms. The standard InChI is InChI=1S/C53H35N3S/c1-53(2)42-19-10-8-17-37(42)38-26-25-35(29-43(38)53)52-54-44(33-14-4-3-5-15-33)31-45(55-52)34-24-28-41-49(30-34)57-48-22-12-21-47(50(41)48)56-46-20-11-9-18-39(46)40-27-23-32-13-6-7-16-36(32)51(40)56/h3-31H,1-2H3. The predicted molar refractivity (Wildman–Crippen MR) is 241 cm³/mol. The Bertz CT molecular complexity index is 3440. The molecule has 0 saturated carbocycles. The average Bonchev–Trinajstić information content (AvgIpc) is 3.89. The lowest BCUT2D eigenvalue weighted by Crippen LogP contribution is -2.15. The third kappa shape index (κ3) is 4.78. The van der Waals surface area contributed by atoms with Crippen molar-refractivity contribution >= 4 is 64.1 Å². The van der Waals surface area contributed by atoms with Crippen molar-refractivity contribution in [2.24, 2.45) is 0 Å². The van der Waals surface area contributed by atoms with Crippen LogP contribution in [0.5, 0.6) is 0 Å². The fraction of sp³-hybridized carbons (Fsp3) is 0.0566. The van der Waals surface area contributed by atoms with Crippen molar-refractivity contribution in [3.05, 3.63) is 187 Å². The van der Waals surface area contributed by atoms with E-state index < -0.39 is 0 Å². The minimum atomic E-state index is -0.112. The number of benzene rings is 8. The van der Waals surface area contributed by atoms with Gasteiger partial charge in [-0.2, -0.15) is 0 Å². The van der Waals surface area contributed by atoms with Crippen molar-refractivity contribution in [1.82, 2.24) is 14.5 Å². The van der Waals surface area contributed by atoms with Crippen LogP contribution in [0.4, 0.5) is 0 Å². The van der Waals surface area contributed by atoms with Crippen LogP contribution in [0.3, 0.4) is 0 Å².